The van der Waals surface area contributed by atoms with E-state index in [0.29, 0.717) is 5.31 Å². The van der Waals surface area contributed by atoms with Crippen LogP contribution in [0.25, 0.3) is 0 Å². The van der Waals surface area contributed by atoms with Gasteiger partial charge in [-0.05, 0) is 5.92 Å². The summed E-state index contributed by atoms with van der Waals surface area (Å²) in [6.07, 6.45) is 6.91. The molecule has 0 bridgehead atoms. The maximum atomic E-state index is 2.40. The lowest BCUT2D eigenvalue weighted by molar-refractivity contribution is 0.450. The highest BCUT2D eigenvalue weighted by molar-refractivity contribution is 6.14. The molecular weight excluding hydrogens is 143 g/mol. The molecule has 12 heavy (non-hydrogen) atoms. The first-order chi connectivity index (χ1) is 5.48. The lowest BCUT2D eigenvalue weighted by atomic mass is 9.64. The lowest BCUT2D eigenvalue weighted by Gasteiger charge is -2.24. The van der Waals surface area contributed by atoms with Crippen molar-refractivity contribution in [1.29, 1.82) is 0 Å². The van der Waals surface area contributed by atoms with E-state index in [2.05, 4.69) is 35.5 Å². The third-order valence-corrected chi connectivity index (χ3v) is 2.56. The standard InChI is InChI=1S/C11H25B/c1-5-8-11(4,12)9-6-7-10(2)3/h10H,5-9,12H2,1-4H3. The largest absolute Gasteiger partial charge is 0.109 e. The minimum absolute atomic E-state index is 0.587. The van der Waals surface area contributed by atoms with Crippen LogP contribution in [0.4, 0.5) is 0 Å². The Balaban J connectivity index is 3.46. The summed E-state index contributed by atoms with van der Waals surface area (Å²) in [4.78, 5) is 0. The quantitative estimate of drug-likeness (QED) is 0.533. The monoisotopic (exact) mass is 168 g/mol. The van der Waals surface area contributed by atoms with Crippen molar-refractivity contribution in [2.45, 2.75) is 65.1 Å². The third kappa shape index (κ3) is 6.76. The molecule has 0 aromatic heterocycles. The van der Waals surface area contributed by atoms with Gasteiger partial charge in [0.15, 0.2) is 0 Å². The second-order valence-electron chi connectivity index (χ2n) is 5.20. The van der Waals surface area contributed by atoms with Gasteiger partial charge in [-0.2, -0.15) is 0 Å². The van der Waals surface area contributed by atoms with E-state index in [9.17, 15) is 0 Å². The first-order valence-corrected chi connectivity index (χ1v) is 5.48. The molecule has 0 N–H and O–H groups in total. The third-order valence-electron chi connectivity index (χ3n) is 2.56. The van der Waals surface area contributed by atoms with Crippen molar-refractivity contribution in [3.63, 3.8) is 0 Å². The zero-order valence-corrected chi connectivity index (χ0v) is 9.61. The number of rotatable bonds is 6. The molecule has 0 fully saturated rings. The second kappa shape index (κ2) is 5.67. The van der Waals surface area contributed by atoms with Crippen molar-refractivity contribution in [2.24, 2.45) is 5.92 Å². The molecule has 0 aliphatic rings. The van der Waals surface area contributed by atoms with Gasteiger partial charge >= 0.3 is 0 Å². The van der Waals surface area contributed by atoms with Crippen LogP contribution in [0, 0.1) is 5.92 Å². The molecular formula is C11H25B. The van der Waals surface area contributed by atoms with E-state index in [0.717, 1.165) is 5.92 Å². The molecule has 0 aromatic carbocycles. The molecule has 0 amide bonds. The van der Waals surface area contributed by atoms with Crippen LogP contribution in [0.3, 0.4) is 0 Å². The smallest absolute Gasteiger partial charge is 0.0669 e. The fourth-order valence-corrected chi connectivity index (χ4v) is 1.79. The molecule has 0 aliphatic heterocycles. The summed E-state index contributed by atoms with van der Waals surface area (Å²) in [7, 11) is 2.40. The van der Waals surface area contributed by atoms with Crippen molar-refractivity contribution in [1.82, 2.24) is 0 Å². The Bertz CT molecular complexity index is 106. The van der Waals surface area contributed by atoms with Crippen LogP contribution in [0.5, 0.6) is 0 Å². The van der Waals surface area contributed by atoms with Gasteiger partial charge in [0.05, 0.1) is 0 Å². The average molecular weight is 168 g/mol. The fraction of sp³-hybridized carbons (Fsp3) is 1.00. The molecule has 0 saturated carbocycles. The van der Waals surface area contributed by atoms with Crippen LogP contribution in [0.2, 0.25) is 5.31 Å². The minimum Gasteiger partial charge on any atom is -0.0669 e. The molecule has 0 radical (unpaired) electrons. The predicted octanol–water partition coefficient (Wildman–Crippen LogP) is 3.42. The highest BCUT2D eigenvalue weighted by Gasteiger charge is 2.15. The predicted molar refractivity (Wildman–Crippen MR) is 60.5 cm³/mol. The van der Waals surface area contributed by atoms with Crippen molar-refractivity contribution in [3.8, 4) is 0 Å². The summed E-state index contributed by atoms with van der Waals surface area (Å²) in [6.45, 7) is 9.31. The van der Waals surface area contributed by atoms with Gasteiger partial charge in [-0.3, -0.25) is 0 Å². The number of hydrogen-bond acceptors (Lipinski definition) is 0. The zero-order chi connectivity index (χ0) is 9.61. The van der Waals surface area contributed by atoms with Gasteiger partial charge in [0.2, 0.25) is 0 Å². The molecule has 0 rings (SSSR count). The highest BCUT2D eigenvalue weighted by Crippen LogP contribution is 2.33. The molecule has 0 spiro atoms. The van der Waals surface area contributed by atoms with E-state index < -0.39 is 0 Å². The van der Waals surface area contributed by atoms with Gasteiger partial charge in [0.25, 0.3) is 0 Å². The van der Waals surface area contributed by atoms with Crippen LogP contribution in [-0.4, -0.2) is 7.85 Å². The van der Waals surface area contributed by atoms with Crippen molar-refractivity contribution < 1.29 is 0 Å². The van der Waals surface area contributed by atoms with Crippen LogP contribution >= 0.6 is 0 Å². The molecule has 0 heterocycles. The molecule has 0 saturated heterocycles. The maximum Gasteiger partial charge on any atom is 0.109 e. The Morgan fingerprint density at radius 1 is 1.25 bits per heavy atom. The summed E-state index contributed by atoms with van der Waals surface area (Å²) in [5.41, 5.74) is 0. The maximum absolute atomic E-state index is 2.40. The summed E-state index contributed by atoms with van der Waals surface area (Å²) < 4.78 is 0. The first-order valence-electron chi connectivity index (χ1n) is 5.48. The summed E-state index contributed by atoms with van der Waals surface area (Å²) >= 11 is 0. The van der Waals surface area contributed by atoms with Crippen LogP contribution < -0.4 is 0 Å². The Labute approximate surface area is 79.5 Å². The van der Waals surface area contributed by atoms with Crippen molar-refractivity contribution >= 4 is 7.85 Å². The van der Waals surface area contributed by atoms with E-state index in [1.807, 2.05) is 0 Å². The van der Waals surface area contributed by atoms with E-state index >= 15 is 0 Å². The van der Waals surface area contributed by atoms with Gasteiger partial charge in [-0.1, -0.05) is 65.1 Å². The molecule has 1 atom stereocenters. The Morgan fingerprint density at radius 2 is 1.83 bits per heavy atom. The van der Waals surface area contributed by atoms with E-state index in [-0.39, 0.29) is 0 Å². The minimum atomic E-state index is 0.587. The summed E-state index contributed by atoms with van der Waals surface area (Å²) in [5, 5.41) is 0.587. The van der Waals surface area contributed by atoms with Crippen LogP contribution in [0.15, 0.2) is 0 Å². The molecule has 72 valence electrons. The topological polar surface area (TPSA) is 0 Å². The zero-order valence-electron chi connectivity index (χ0n) is 9.61. The number of hydrogen-bond donors (Lipinski definition) is 0. The van der Waals surface area contributed by atoms with Gasteiger partial charge in [0, 0.05) is 0 Å². The molecule has 1 heteroatoms. The van der Waals surface area contributed by atoms with E-state index in [1.165, 1.54) is 32.1 Å². The van der Waals surface area contributed by atoms with Crippen LogP contribution in [-0.2, 0) is 0 Å². The average Bonchev–Trinajstić information content (AvgIpc) is 1.85. The second-order valence-corrected chi connectivity index (χ2v) is 5.20. The lowest BCUT2D eigenvalue weighted by Crippen LogP contribution is -2.07. The Morgan fingerprint density at radius 3 is 2.25 bits per heavy atom. The summed E-state index contributed by atoms with van der Waals surface area (Å²) in [6, 6.07) is 0. The van der Waals surface area contributed by atoms with Crippen LogP contribution in [0.1, 0.15) is 59.8 Å². The SMILES string of the molecule is BC(C)(CCC)CCCC(C)C. The fourth-order valence-electron chi connectivity index (χ4n) is 1.79. The van der Waals surface area contributed by atoms with Gasteiger partial charge in [0.1, 0.15) is 7.85 Å². The van der Waals surface area contributed by atoms with E-state index in [4.69, 9.17) is 0 Å². The normalized spacial score (nSPS) is 16.4. The molecule has 0 aliphatic carbocycles. The Hall–Kier alpha value is 0.0649. The molecule has 1 unspecified atom stereocenters. The first kappa shape index (κ1) is 12.1. The van der Waals surface area contributed by atoms with E-state index in [1.54, 1.807) is 0 Å². The molecule has 0 aromatic rings. The highest BCUT2D eigenvalue weighted by atomic mass is 14.2. The summed E-state index contributed by atoms with van der Waals surface area (Å²) in [5.74, 6) is 0.877. The van der Waals surface area contributed by atoms with Gasteiger partial charge in [-0.15, -0.1) is 0 Å². The van der Waals surface area contributed by atoms with Crippen molar-refractivity contribution in [2.75, 3.05) is 0 Å². The van der Waals surface area contributed by atoms with Gasteiger partial charge < -0.3 is 0 Å². The Kier molecular flexibility index (Phi) is 5.70. The molecule has 0 nitrogen and oxygen atoms in total. The van der Waals surface area contributed by atoms with Crippen molar-refractivity contribution in [3.05, 3.63) is 0 Å². The van der Waals surface area contributed by atoms with Gasteiger partial charge in [-0.25, -0.2) is 0 Å².